The highest BCUT2D eigenvalue weighted by Gasteiger charge is 2.52. The molecule has 0 bridgehead atoms. The zero-order valence-corrected chi connectivity index (χ0v) is 31.0. The summed E-state index contributed by atoms with van der Waals surface area (Å²) in [5.74, 6) is 1.82. The zero-order chi connectivity index (χ0) is 37.3. The van der Waals surface area contributed by atoms with Crippen LogP contribution in [0.4, 0.5) is 0 Å². The molecular weight excluding hydrogens is 689 g/mol. The van der Waals surface area contributed by atoms with E-state index in [1.165, 1.54) is 100 Å². The number of hydrogen-bond donors (Lipinski definition) is 0. The molecule has 13 rings (SSSR count). The van der Waals surface area contributed by atoms with Crippen molar-refractivity contribution in [2.75, 3.05) is 0 Å². The van der Waals surface area contributed by atoms with Gasteiger partial charge in [0.25, 0.3) is 0 Å². The lowest BCUT2D eigenvalue weighted by Gasteiger charge is -2.39. The van der Waals surface area contributed by atoms with Crippen LogP contribution >= 0.6 is 0 Å². The first-order chi connectivity index (χ1) is 28.3. The zero-order valence-electron chi connectivity index (χ0n) is 31.0. The average molecular weight is 723 g/mol. The van der Waals surface area contributed by atoms with Crippen LogP contribution in [0.5, 0.6) is 11.5 Å². The van der Waals surface area contributed by atoms with Crippen LogP contribution in [0.25, 0.3) is 55.6 Å². The van der Waals surface area contributed by atoms with Crippen LogP contribution < -0.4 is 4.74 Å². The van der Waals surface area contributed by atoms with Crippen molar-refractivity contribution >= 4 is 0 Å². The molecule has 0 fully saturated rings. The highest BCUT2D eigenvalue weighted by atomic mass is 16.5. The lowest BCUT2D eigenvalue weighted by atomic mass is 9.66. The normalized spacial score (nSPS) is 14.7. The Balaban J connectivity index is 0.993. The molecule has 0 saturated carbocycles. The van der Waals surface area contributed by atoms with Gasteiger partial charge >= 0.3 is 0 Å². The topological polar surface area (TPSA) is 9.23 Å². The quantitative estimate of drug-likeness (QED) is 0.173. The third-order valence-electron chi connectivity index (χ3n) is 13.4. The molecule has 0 aromatic heterocycles. The molecule has 9 aromatic rings. The van der Waals surface area contributed by atoms with Gasteiger partial charge < -0.3 is 4.74 Å². The van der Waals surface area contributed by atoms with Crippen molar-refractivity contribution in [2.24, 2.45) is 0 Å². The van der Waals surface area contributed by atoms with Gasteiger partial charge in [0.1, 0.15) is 11.5 Å². The molecule has 0 atom stereocenters. The highest BCUT2D eigenvalue weighted by Crippen LogP contribution is 2.64. The molecule has 3 aliphatic carbocycles. The number of fused-ring (bicyclic) bond motifs is 19. The fourth-order valence-electron chi connectivity index (χ4n) is 11.2. The summed E-state index contributed by atoms with van der Waals surface area (Å²) in [5, 5.41) is 0. The summed E-state index contributed by atoms with van der Waals surface area (Å²) in [7, 11) is 0. The molecular formula is C56H34O. The molecule has 1 heterocycles. The third-order valence-corrected chi connectivity index (χ3v) is 13.4. The molecule has 0 amide bonds. The Hall–Kier alpha value is -7.22. The molecule has 264 valence electrons. The molecule has 0 N–H and O–H groups in total. The van der Waals surface area contributed by atoms with E-state index in [1.54, 1.807) is 0 Å². The van der Waals surface area contributed by atoms with Crippen LogP contribution in [0.2, 0.25) is 0 Å². The van der Waals surface area contributed by atoms with Crippen LogP contribution in [-0.4, -0.2) is 0 Å². The summed E-state index contributed by atoms with van der Waals surface area (Å²) in [6, 6.07) is 76.6. The number of benzene rings is 9. The van der Waals surface area contributed by atoms with Crippen LogP contribution in [0.3, 0.4) is 0 Å². The molecule has 0 radical (unpaired) electrons. The largest absolute Gasteiger partial charge is 0.457 e. The van der Waals surface area contributed by atoms with Crippen molar-refractivity contribution in [3.63, 3.8) is 0 Å². The molecule has 9 aromatic carbocycles. The summed E-state index contributed by atoms with van der Waals surface area (Å²) in [4.78, 5) is 0. The Bertz CT molecular complexity index is 3070. The van der Waals surface area contributed by atoms with Gasteiger partial charge in [0.2, 0.25) is 0 Å². The third kappa shape index (κ3) is 3.84. The van der Waals surface area contributed by atoms with Crippen molar-refractivity contribution in [2.45, 2.75) is 10.8 Å². The van der Waals surface area contributed by atoms with E-state index in [2.05, 4.69) is 206 Å². The second-order valence-electron chi connectivity index (χ2n) is 15.9. The second kappa shape index (κ2) is 11.2. The first kappa shape index (κ1) is 31.0. The molecule has 2 spiro atoms. The Morgan fingerprint density at radius 1 is 0.228 bits per heavy atom. The van der Waals surface area contributed by atoms with E-state index in [4.69, 9.17) is 4.74 Å². The molecule has 0 unspecified atom stereocenters. The molecule has 0 saturated heterocycles. The van der Waals surface area contributed by atoms with E-state index in [0.717, 1.165) is 11.5 Å². The fraction of sp³-hybridized carbons (Fsp3) is 0.0357. The molecule has 1 nitrogen and oxygen atoms in total. The van der Waals surface area contributed by atoms with Gasteiger partial charge in [0.15, 0.2) is 0 Å². The predicted molar refractivity (Wildman–Crippen MR) is 231 cm³/mol. The molecule has 4 aliphatic rings. The van der Waals surface area contributed by atoms with Crippen LogP contribution in [0, 0.1) is 0 Å². The minimum atomic E-state index is -0.498. The van der Waals surface area contributed by atoms with Gasteiger partial charge in [-0.2, -0.15) is 0 Å². The second-order valence-corrected chi connectivity index (χ2v) is 15.9. The Morgan fingerprint density at radius 3 is 1.09 bits per heavy atom. The van der Waals surface area contributed by atoms with Gasteiger partial charge in [-0.15, -0.1) is 0 Å². The molecule has 57 heavy (non-hydrogen) atoms. The van der Waals surface area contributed by atoms with Crippen LogP contribution in [0.1, 0.15) is 44.5 Å². The van der Waals surface area contributed by atoms with Gasteiger partial charge in [-0.1, -0.05) is 176 Å². The van der Waals surface area contributed by atoms with E-state index < -0.39 is 5.41 Å². The number of para-hydroxylation sites is 1. The van der Waals surface area contributed by atoms with E-state index >= 15 is 0 Å². The Kier molecular flexibility index (Phi) is 6.09. The monoisotopic (exact) mass is 722 g/mol. The van der Waals surface area contributed by atoms with Gasteiger partial charge in [-0.3, -0.25) is 0 Å². The Labute approximate surface area is 332 Å². The Morgan fingerprint density at radius 2 is 0.579 bits per heavy atom. The van der Waals surface area contributed by atoms with E-state index in [9.17, 15) is 0 Å². The standard InChI is InChI=1S/C56H34O/c1-6-21-45-39(16-1)40-17-2-7-22-46(40)55(45)47-23-8-5-20-43(47)44-30-28-37(33-51(44)55)35-14-13-15-36(32-35)38-29-31-54-52(34-38)56(50-26-11-12-27-53(50)57-54)48-24-9-3-18-41(48)42-19-4-10-25-49(42)56/h1-34H. The van der Waals surface area contributed by atoms with Crippen molar-refractivity contribution in [3.05, 3.63) is 251 Å². The first-order valence-electron chi connectivity index (χ1n) is 19.9. The summed E-state index contributed by atoms with van der Waals surface area (Å²) in [6.07, 6.45) is 0. The summed E-state index contributed by atoms with van der Waals surface area (Å²) < 4.78 is 6.74. The SMILES string of the molecule is c1cc(-c2ccc3c(c2)C2(c4ccccc4O3)c3ccccc3-c3ccccc32)cc(-c2ccc3c(c2)C2(c4ccccc4-c4ccccc42)c2ccccc2-3)c1. The van der Waals surface area contributed by atoms with Crippen molar-refractivity contribution in [1.29, 1.82) is 0 Å². The minimum Gasteiger partial charge on any atom is -0.457 e. The van der Waals surface area contributed by atoms with E-state index in [1.807, 2.05) is 0 Å². The van der Waals surface area contributed by atoms with Gasteiger partial charge in [-0.25, -0.2) is 0 Å². The number of ether oxygens (including phenoxy) is 1. The maximum atomic E-state index is 6.74. The summed E-state index contributed by atoms with van der Waals surface area (Å²) >= 11 is 0. The smallest absolute Gasteiger partial charge is 0.132 e. The maximum Gasteiger partial charge on any atom is 0.132 e. The molecule has 1 aliphatic heterocycles. The highest BCUT2D eigenvalue weighted by molar-refractivity contribution is 5.96. The van der Waals surface area contributed by atoms with Gasteiger partial charge in [-0.05, 0) is 119 Å². The fourth-order valence-corrected chi connectivity index (χ4v) is 11.2. The van der Waals surface area contributed by atoms with Gasteiger partial charge in [0, 0.05) is 11.1 Å². The average Bonchev–Trinajstić information content (AvgIpc) is 3.87. The molecule has 1 heteroatoms. The number of hydrogen-bond acceptors (Lipinski definition) is 1. The van der Waals surface area contributed by atoms with Crippen molar-refractivity contribution in [1.82, 2.24) is 0 Å². The minimum absolute atomic E-state index is 0.371. The van der Waals surface area contributed by atoms with E-state index in [0.29, 0.717) is 0 Å². The van der Waals surface area contributed by atoms with Crippen LogP contribution in [0.15, 0.2) is 206 Å². The predicted octanol–water partition coefficient (Wildman–Crippen LogP) is 13.8. The number of rotatable bonds is 2. The maximum absolute atomic E-state index is 6.74. The van der Waals surface area contributed by atoms with Crippen molar-refractivity contribution < 1.29 is 4.74 Å². The van der Waals surface area contributed by atoms with Gasteiger partial charge in [0.05, 0.1) is 10.8 Å². The summed E-state index contributed by atoms with van der Waals surface area (Å²) in [6.45, 7) is 0. The first-order valence-corrected chi connectivity index (χ1v) is 19.9. The lowest BCUT2D eigenvalue weighted by Crippen LogP contribution is -2.32. The van der Waals surface area contributed by atoms with E-state index in [-0.39, 0.29) is 5.41 Å². The lowest BCUT2D eigenvalue weighted by molar-refractivity contribution is 0.436. The summed E-state index contributed by atoms with van der Waals surface area (Å²) in [5.41, 5.74) is 22.2. The van der Waals surface area contributed by atoms with Crippen LogP contribution in [-0.2, 0) is 10.8 Å². The van der Waals surface area contributed by atoms with Crippen molar-refractivity contribution in [3.8, 4) is 67.1 Å².